The van der Waals surface area contributed by atoms with Crippen molar-refractivity contribution in [3.05, 3.63) is 48.0 Å². The quantitative estimate of drug-likeness (QED) is 0.535. The first-order valence-corrected chi connectivity index (χ1v) is 12.4. The first kappa shape index (κ1) is 22.3. The van der Waals surface area contributed by atoms with E-state index < -0.39 is 15.9 Å². The van der Waals surface area contributed by atoms with Crippen LogP contribution in [0, 0.1) is 0 Å². The number of imidazole rings is 1. The molecule has 0 radical (unpaired) electrons. The Bertz CT molecular complexity index is 1230. The number of ether oxygens (including phenoxy) is 1. The summed E-state index contributed by atoms with van der Waals surface area (Å²) >= 11 is 0. The number of hydrogen-bond donors (Lipinski definition) is 2. The number of anilines is 1. The van der Waals surface area contributed by atoms with Crippen LogP contribution in [0.1, 0.15) is 49.4 Å². The zero-order chi connectivity index (χ0) is 22.7. The minimum absolute atomic E-state index is 0.0402. The molecule has 32 heavy (non-hydrogen) atoms. The van der Waals surface area contributed by atoms with Gasteiger partial charge in [-0.2, -0.15) is 0 Å². The lowest BCUT2D eigenvalue weighted by atomic mass is 10.2. The molecule has 1 fully saturated rings. The first-order chi connectivity index (χ1) is 15.4. The van der Waals surface area contributed by atoms with E-state index in [4.69, 9.17) is 4.74 Å². The summed E-state index contributed by atoms with van der Waals surface area (Å²) in [6.45, 7) is 2.75. The van der Waals surface area contributed by atoms with Gasteiger partial charge in [0, 0.05) is 18.2 Å². The van der Waals surface area contributed by atoms with Gasteiger partial charge >= 0.3 is 0 Å². The van der Waals surface area contributed by atoms with Crippen LogP contribution in [-0.4, -0.2) is 37.0 Å². The third kappa shape index (κ3) is 4.49. The maximum absolute atomic E-state index is 13.1. The van der Waals surface area contributed by atoms with E-state index in [1.807, 2.05) is 28.8 Å². The van der Waals surface area contributed by atoms with Crippen molar-refractivity contribution < 1.29 is 17.9 Å². The van der Waals surface area contributed by atoms with E-state index in [2.05, 4.69) is 21.9 Å². The van der Waals surface area contributed by atoms with Crippen LogP contribution in [0.5, 0.6) is 5.75 Å². The average Bonchev–Trinajstić information content (AvgIpc) is 3.41. The molecule has 1 amide bonds. The number of sulfonamides is 1. The van der Waals surface area contributed by atoms with Gasteiger partial charge in [0.25, 0.3) is 5.91 Å². The van der Waals surface area contributed by atoms with Crippen molar-refractivity contribution in [2.24, 2.45) is 0 Å². The molecule has 2 N–H and O–H groups in total. The highest BCUT2D eigenvalue weighted by Crippen LogP contribution is 2.28. The van der Waals surface area contributed by atoms with Crippen LogP contribution in [0.2, 0.25) is 0 Å². The Kier molecular flexibility index (Phi) is 6.48. The summed E-state index contributed by atoms with van der Waals surface area (Å²) in [6.07, 6.45) is 4.52. The summed E-state index contributed by atoms with van der Waals surface area (Å²) < 4.78 is 36.0. The number of hydrogen-bond acceptors (Lipinski definition) is 5. The number of methoxy groups -OCH3 is 1. The molecular weight excluding hydrogens is 428 g/mol. The van der Waals surface area contributed by atoms with Gasteiger partial charge in [0.2, 0.25) is 16.0 Å². The first-order valence-electron chi connectivity index (χ1n) is 10.9. The number of amides is 1. The predicted molar refractivity (Wildman–Crippen MR) is 124 cm³/mol. The summed E-state index contributed by atoms with van der Waals surface area (Å²) in [6, 6.07) is 12.0. The molecule has 0 bridgehead atoms. The molecule has 1 aliphatic carbocycles. The Labute approximate surface area is 188 Å². The summed E-state index contributed by atoms with van der Waals surface area (Å²) in [4.78, 5) is 17.6. The molecule has 2 aromatic carbocycles. The summed E-state index contributed by atoms with van der Waals surface area (Å²) in [7, 11) is -2.41. The van der Waals surface area contributed by atoms with Crippen molar-refractivity contribution in [2.75, 3.05) is 12.4 Å². The minimum atomic E-state index is -3.83. The van der Waals surface area contributed by atoms with Gasteiger partial charge in [0.05, 0.1) is 18.1 Å². The number of aromatic nitrogens is 2. The zero-order valence-electron chi connectivity index (χ0n) is 18.3. The van der Waals surface area contributed by atoms with E-state index in [1.54, 1.807) is 6.07 Å². The Balaban J connectivity index is 1.64. The van der Waals surface area contributed by atoms with Gasteiger partial charge < -0.3 is 9.30 Å². The molecule has 170 valence electrons. The maximum atomic E-state index is 13.1. The van der Waals surface area contributed by atoms with Gasteiger partial charge in [0.1, 0.15) is 10.6 Å². The molecule has 1 heterocycles. The van der Waals surface area contributed by atoms with Gasteiger partial charge in [-0.1, -0.05) is 31.9 Å². The van der Waals surface area contributed by atoms with Gasteiger partial charge in [-0.25, -0.2) is 18.1 Å². The van der Waals surface area contributed by atoms with E-state index in [1.165, 1.54) is 19.2 Å². The van der Waals surface area contributed by atoms with E-state index in [-0.39, 0.29) is 22.3 Å². The van der Waals surface area contributed by atoms with Crippen molar-refractivity contribution in [3.8, 4) is 5.75 Å². The van der Waals surface area contributed by atoms with Crippen molar-refractivity contribution in [1.82, 2.24) is 14.3 Å². The van der Waals surface area contributed by atoms with Crippen LogP contribution in [0.25, 0.3) is 11.0 Å². The van der Waals surface area contributed by atoms with E-state index in [0.29, 0.717) is 12.5 Å². The molecule has 1 saturated carbocycles. The maximum Gasteiger partial charge on any atom is 0.258 e. The van der Waals surface area contributed by atoms with Gasteiger partial charge in [-0.05, 0) is 49.6 Å². The lowest BCUT2D eigenvalue weighted by Crippen LogP contribution is -2.33. The average molecular weight is 457 g/mol. The number of carbonyl (C=O) groups excluding carboxylic acids is 1. The molecule has 0 unspecified atom stereocenters. The number of rotatable bonds is 8. The second-order valence-corrected chi connectivity index (χ2v) is 9.68. The number of nitrogens with zero attached hydrogens (tertiary/aromatic N) is 2. The lowest BCUT2D eigenvalue weighted by Gasteiger charge is -2.16. The number of para-hydroxylation sites is 2. The Morgan fingerprint density at radius 3 is 2.66 bits per heavy atom. The highest BCUT2D eigenvalue weighted by Gasteiger charge is 2.27. The second-order valence-electron chi connectivity index (χ2n) is 8.00. The normalized spacial score (nSPS) is 14.7. The SMILES string of the molecule is CCCn1c(NC(=O)c2ccc(OC)c(S(=O)(=O)NC3CCCC3)c2)nc2ccccc21. The molecule has 9 heteroatoms. The van der Waals surface area contributed by atoms with Gasteiger partial charge in [-0.3, -0.25) is 10.1 Å². The lowest BCUT2D eigenvalue weighted by molar-refractivity contribution is 0.102. The molecule has 4 rings (SSSR count). The highest BCUT2D eigenvalue weighted by molar-refractivity contribution is 7.89. The monoisotopic (exact) mass is 456 g/mol. The topological polar surface area (TPSA) is 102 Å². The van der Waals surface area contributed by atoms with Crippen molar-refractivity contribution >= 4 is 32.9 Å². The van der Waals surface area contributed by atoms with Crippen molar-refractivity contribution in [2.45, 2.75) is 56.5 Å². The third-order valence-corrected chi connectivity index (χ3v) is 7.26. The fourth-order valence-electron chi connectivity index (χ4n) is 4.15. The molecule has 1 aliphatic rings. The van der Waals surface area contributed by atoms with Gasteiger partial charge in [0.15, 0.2) is 0 Å². The zero-order valence-corrected chi connectivity index (χ0v) is 19.1. The molecule has 8 nitrogen and oxygen atoms in total. The Hall–Kier alpha value is -2.91. The van der Waals surface area contributed by atoms with E-state index in [0.717, 1.165) is 43.1 Å². The number of fused-ring (bicyclic) bond motifs is 1. The van der Waals surface area contributed by atoms with Gasteiger partial charge in [-0.15, -0.1) is 0 Å². The van der Waals surface area contributed by atoms with E-state index in [9.17, 15) is 13.2 Å². The third-order valence-electron chi connectivity index (χ3n) is 5.72. The number of nitrogens with one attached hydrogen (secondary N) is 2. The molecular formula is C23H28N4O4S. The Morgan fingerprint density at radius 1 is 1.19 bits per heavy atom. The van der Waals surface area contributed by atoms with E-state index >= 15 is 0 Å². The smallest absolute Gasteiger partial charge is 0.258 e. The molecule has 0 aliphatic heterocycles. The fourth-order valence-corrected chi connectivity index (χ4v) is 5.65. The van der Waals surface area contributed by atoms with Crippen molar-refractivity contribution in [1.29, 1.82) is 0 Å². The summed E-state index contributed by atoms with van der Waals surface area (Å²) in [5, 5.41) is 2.85. The van der Waals surface area contributed by atoms with Crippen LogP contribution < -0.4 is 14.8 Å². The molecule has 0 spiro atoms. The molecule has 0 atom stereocenters. The number of carbonyl (C=O) groups is 1. The Morgan fingerprint density at radius 2 is 1.94 bits per heavy atom. The summed E-state index contributed by atoms with van der Waals surface area (Å²) in [5.74, 6) is 0.199. The molecule has 1 aromatic heterocycles. The van der Waals surface area contributed by atoms with Crippen LogP contribution in [0.15, 0.2) is 47.4 Å². The van der Waals surface area contributed by atoms with Crippen LogP contribution in [0.4, 0.5) is 5.95 Å². The highest BCUT2D eigenvalue weighted by atomic mass is 32.2. The van der Waals surface area contributed by atoms with Crippen LogP contribution in [0.3, 0.4) is 0 Å². The molecule has 0 saturated heterocycles. The largest absolute Gasteiger partial charge is 0.495 e. The number of benzene rings is 2. The minimum Gasteiger partial charge on any atom is -0.495 e. The van der Waals surface area contributed by atoms with Crippen LogP contribution >= 0.6 is 0 Å². The number of aryl methyl sites for hydroxylation is 1. The standard InChI is InChI=1S/C23H28N4O4S/c1-3-14-27-19-11-7-6-10-18(19)24-23(27)25-22(28)16-12-13-20(31-2)21(15-16)32(29,30)26-17-8-4-5-9-17/h6-7,10-13,15,17,26H,3-5,8-9,14H2,1-2H3,(H,24,25,28). The second kappa shape index (κ2) is 9.30. The van der Waals surface area contributed by atoms with Crippen LogP contribution in [-0.2, 0) is 16.6 Å². The van der Waals surface area contributed by atoms with Crippen molar-refractivity contribution in [3.63, 3.8) is 0 Å². The predicted octanol–water partition coefficient (Wildman–Crippen LogP) is 3.93. The summed E-state index contributed by atoms with van der Waals surface area (Å²) in [5.41, 5.74) is 1.94. The fraction of sp³-hybridized carbons (Fsp3) is 0.391. The molecule has 3 aromatic rings.